The number of rotatable bonds is 6. The van der Waals surface area contributed by atoms with E-state index in [1.807, 2.05) is 0 Å². The molecule has 0 aliphatic rings. The Morgan fingerprint density at radius 3 is 1.40 bits per heavy atom. The lowest BCUT2D eigenvalue weighted by Crippen LogP contribution is -2.61. The third-order valence-electron chi connectivity index (χ3n) is 3.72. The van der Waals surface area contributed by atoms with Gasteiger partial charge >= 0.3 is 6.36 Å². The predicted molar refractivity (Wildman–Crippen MR) is 64.3 cm³/mol. The molecule has 0 radical (unpaired) electrons. The van der Waals surface area contributed by atoms with Gasteiger partial charge in [-0.05, 0) is 25.7 Å². The minimum Gasteiger partial charge on any atom is -0.281 e. The third kappa shape index (κ3) is 4.53. The van der Waals surface area contributed by atoms with Gasteiger partial charge in [-0.2, -0.15) is 0 Å². The van der Waals surface area contributed by atoms with Gasteiger partial charge in [0.05, 0.1) is 0 Å². The Kier molecular flexibility index (Phi) is 5.60. The zero-order valence-electron chi connectivity index (χ0n) is 12.5. The van der Waals surface area contributed by atoms with Crippen LogP contribution in [-0.2, 0) is 4.74 Å². The van der Waals surface area contributed by atoms with Gasteiger partial charge in [0.15, 0.2) is 0 Å². The summed E-state index contributed by atoms with van der Waals surface area (Å²) in [5.41, 5.74) is -5.23. The van der Waals surface area contributed by atoms with E-state index in [4.69, 9.17) is 0 Å². The van der Waals surface area contributed by atoms with Crippen LogP contribution in [0, 0.1) is 11.8 Å². The van der Waals surface area contributed by atoms with E-state index in [0.29, 0.717) is 6.92 Å². The Hall–Kier alpha value is -0.460. The molecule has 0 amide bonds. The fraction of sp³-hybridized carbons (Fsp3) is 1.00. The van der Waals surface area contributed by atoms with E-state index < -0.39 is 41.8 Å². The Balaban J connectivity index is 5.95. The van der Waals surface area contributed by atoms with E-state index >= 15 is 0 Å². The summed E-state index contributed by atoms with van der Waals surface area (Å²) in [6.07, 6.45) is -6.54. The second-order valence-electron chi connectivity index (χ2n) is 6.07. The largest absolute Gasteiger partial charge is 0.523 e. The van der Waals surface area contributed by atoms with Crippen LogP contribution < -0.4 is 0 Å². The number of halogens is 6. The molecule has 7 heteroatoms. The molecule has 0 saturated carbocycles. The summed E-state index contributed by atoms with van der Waals surface area (Å²) in [4.78, 5) is 0. The molecule has 0 spiro atoms. The zero-order valence-corrected chi connectivity index (χ0v) is 12.5. The first kappa shape index (κ1) is 19.5. The Labute approximate surface area is 115 Å². The van der Waals surface area contributed by atoms with E-state index in [1.54, 1.807) is 0 Å². The number of hydrogen-bond acceptors (Lipinski definition) is 1. The molecular formula is C13H22F6O. The summed E-state index contributed by atoms with van der Waals surface area (Å²) in [6.45, 7) is 6.51. The van der Waals surface area contributed by atoms with Crippen LogP contribution in [0.15, 0.2) is 0 Å². The zero-order chi connectivity index (χ0) is 16.6. The second-order valence-corrected chi connectivity index (χ2v) is 6.07. The number of hydrogen-bond donors (Lipinski definition) is 0. The highest BCUT2D eigenvalue weighted by Gasteiger charge is 2.61. The first-order chi connectivity index (χ1) is 8.55. The van der Waals surface area contributed by atoms with Crippen LogP contribution in [0.3, 0.4) is 0 Å². The van der Waals surface area contributed by atoms with E-state index in [-0.39, 0.29) is 0 Å². The molecule has 2 unspecified atom stereocenters. The summed E-state index contributed by atoms with van der Waals surface area (Å²) < 4.78 is 83.4. The molecular weight excluding hydrogens is 286 g/mol. The molecule has 0 aliphatic carbocycles. The van der Waals surface area contributed by atoms with E-state index in [1.165, 1.54) is 27.7 Å². The molecule has 1 nitrogen and oxygen atoms in total. The first-order valence-corrected chi connectivity index (χ1v) is 6.39. The van der Waals surface area contributed by atoms with Crippen LogP contribution in [0.1, 0.15) is 48.0 Å². The second kappa shape index (κ2) is 5.73. The normalized spacial score (nSPS) is 20.1. The molecule has 20 heavy (non-hydrogen) atoms. The third-order valence-corrected chi connectivity index (χ3v) is 3.72. The summed E-state index contributed by atoms with van der Waals surface area (Å²) in [5, 5.41) is 0. The van der Waals surface area contributed by atoms with Crippen LogP contribution in [0.2, 0.25) is 0 Å². The summed E-state index contributed by atoms with van der Waals surface area (Å²) in [5.74, 6) is -5.50. The summed E-state index contributed by atoms with van der Waals surface area (Å²) >= 11 is 0. The van der Waals surface area contributed by atoms with Crippen molar-refractivity contribution < 1.29 is 31.1 Å². The molecule has 0 aromatic heterocycles. The van der Waals surface area contributed by atoms with Crippen molar-refractivity contribution in [2.75, 3.05) is 0 Å². The Morgan fingerprint density at radius 2 is 1.20 bits per heavy atom. The first-order valence-electron chi connectivity index (χ1n) is 6.39. The molecule has 0 rings (SSSR count). The molecule has 2 atom stereocenters. The summed E-state index contributed by atoms with van der Waals surface area (Å²) in [7, 11) is 0. The molecule has 0 aliphatic heterocycles. The molecule has 0 saturated heterocycles. The Bertz CT molecular complexity index is 298. The smallest absolute Gasteiger partial charge is 0.281 e. The molecule has 122 valence electrons. The Morgan fingerprint density at radius 1 is 0.800 bits per heavy atom. The van der Waals surface area contributed by atoms with Crippen LogP contribution in [0.4, 0.5) is 26.3 Å². The monoisotopic (exact) mass is 308 g/mol. The fourth-order valence-corrected chi connectivity index (χ4v) is 2.35. The van der Waals surface area contributed by atoms with Crippen LogP contribution >= 0.6 is 0 Å². The molecule has 0 fully saturated rings. The van der Waals surface area contributed by atoms with E-state index in [0.717, 1.165) is 6.92 Å². The average Bonchev–Trinajstić information content (AvgIpc) is 2.10. The maximum Gasteiger partial charge on any atom is 0.523 e. The minimum absolute atomic E-state index is 0.459. The highest BCUT2D eigenvalue weighted by atomic mass is 19.4. The summed E-state index contributed by atoms with van der Waals surface area (Å²) in [6, 6.07) is 0. The minimum atomic E-state index is -5.20. The van der Waals surface area contributed by atoms with Gasteiger partial charge in [0, 0.05) is 6.42 Å². The van der Waals surface area contributed by atoms with Crippen LogP contribution in [0.5, 0.6) is 0 Å². The van der Waals surface area contributed by atoms with Crippen LogP contribution in [0.25, 0.3) is 0 Å². The molecule has 0 bridgehead atoms. The SMILES string of the molecule is CC(C)C(C)(F)C(CC(C)(F)F)(OC(F)(F)F)C(C)C. The molecule has 0 heterocycles. The van der Waals surface area contributed by atoms with Gasteiger partial charge in [-0.1, -0.05) is 27.7 Å². The molecule has 0 aromatic rings. The highest BCUT2D eigenvalue weighted by molar-refractivity contribution is 5.05. The number of alkyl halides is 6. The highest BCUT2D eigenvalue weighted by Crippen LogP contribution is 2.50. The van der Waals surface area contributed by atoms with Crippen molar-refractivity contribution in [3.8, 4) is 0 Å². The predicted octanol–water partition coefficient (Wildman–Crippen LogP) is 5.35. The van der Waals surface area contributed by atoms with Gasteiger partial charge in [-0.15, -0.1) is 13.2 Å². The van der Waals surface area contributed by atoms with Crippen molar-refractivity contribution in [1.82, 2.24) is 0 Å². The molecule has 0 aromatic carbocycles. The van der Waals surface area contributed by atoms with Crippen molar-refractivity contribution in [1.29, 1.82) is 0 Å². The van der Waals surface area contributed by atoms with Crippen molar-refractivity contribution >= 4 is 0 Å². The van der Waals surface area contributed by atoms with Crippen molar-refractivity contribution in [2.24, 2.45) is 11.8 Å². The lowest BCUT2D eigenvalue weighted by atomic mass is 9.68. The number of ether oxygens (including phenoxy) is 1. The molecule has 0 N–H and O–H groups in total. The van der Waals surface area contributed by atoms with Gasteiger partial charge in [0.1, 0.15) is 11.3 Å². The average molecular weight is 308 g/mol. The van der Waals surface area contributed by atoms with Gasteiger partial charge < -0.3 is 0 Å². The van der Waals surface area contributed by atoms with E-state index in [9.17, 15) is 26.3 Å². The van der Waals surface area contributed by atoms with Crippen molar-refractivity contribution in [2.45, 2.75) is 71.5 Å². The fourth-order valence-electron chi connectivity index (χ4n) is 2.35. The van der Waals surface area contributed by atoms with E-state index in [2.05, 4.69) is 4.74 Å². The van der Waals surface area contributed by atoms with Gasteiger partial charge in [-0.25, -0.2) is 13.2 Å². The maximum absolute atomic E-state index is 14.9. The van der Waals surface area contributed by atoms with Crippen molar-refractivity contribution in [3.05, 3.63) is 0 Å². The van der Waals surface area contributed by atoms with Crippen molar-refractivity contribution in [3.63, 3.8) is 0 Å². The standard InChI is InChI=1S/C13H22F6O/c1-8(2)11(6,16)12(9(3)4,7-10(5,14)15)20-13(17,18)19/h8-9H,7H2,1-6H3. The van der Waals surface area contributed by atoms with Gasteiger partial charge in [0.2, 0.25) is 5.92 Å². The lowest BCUT2D eigenvalue weighted by molar-refractivity contribution is -0.401. The van der Waals surface area contributed by atoms with Gasteiger partial charge in [-0.3, -0.25) is 4.74 Å². The lowest BCUT2D eigenvalue weighted by Gasteiger charge is -2.49. The quantitative estimate of drug-likeness (QED) is 0.601. The maximum atomic E-state index is 14.9. The van der Waals surface area contributed by atoms with Gasteiger partial charge in [0.25, 0.3) is 0 Å². The topological polar surface area (TPSA) is 9.23 Å². The van der Waals surface area contributed by atoms with Crippen LogP contribution in [-0.4, -0.2) is 23.6 Å².